The lowest BCUT2D eigenvalue weighted by atomic mass is 10.0. The first kappa shape index (κ1) is 22.8. The Morgan fingerprint density at radius 2 is 1.61 bits per heavy atom. The number of hydrazone groups is 1. The lowest BCUT2D eigenvalue weighted by molar-refractivity contribution is -0.0999. The van der Waals surface area contributed by atoms with E-state index >= 15 is 0 Å². The summed E-state index contributed by atoms with van der Waals surface area (Å²) in [4.78, 5) is 1.78. The summed E-state index contributed by atoms with van der Waals surface area (Å²) in [6.45, 7) is -0.849. The van der Waals surface area contributed by atoms with Gasteiger partial charge in [-0.3, -0.25) is 0 Å². The van der Waals surface area contributed by atoms with Gasteiger partial charge in [-0.2, -0.15) is 22.7 Å². The quantitative estimate of drug-likeness (QED) is 0.116. The number of aliphatic hydroxyl groups excluding tert-OH is 5. The zero-order valence-electron chi connectivity index (χ0n) is 12.0. The van der Waals surface area contributed by atoms with Gasteiger partial charge in [0.15, 0.2) is 0 Å². The van der Waals surface area contributed by atoms with Crippen LogP contribution >= 0.6 is 23.2 Å². The van der Waals surface area contributed by atoms with Gasteiger partial charge in [0.2, 0.25) is 0 Å². The summed E-state index contributed by atoms with van der Waals surface area (Å²) in [5.74, 6) is 0.0716. The molecule has 138 valence electrons. The van der Waals surface area contributed by atoms with Gasteiger partial charge in [0.05, 0.1) is 12.8 Å². The highest BCUT2D eigenvalue weighted by Gasteiger charge is 2.29. The van der Waals surface area contributed by atoms with Crippen molar-refractivity contribution in [1.29, 1.82) is 0 Å². The molecule has 0 saturated heterocycles. The summed E-state index contributed by atoms with van der Waals surface area (Å²) < 4.78 is 24.7. The summed E-state index contributed by atoms with van der Waals surface area (Å²) >= 11 is 11.0. The van der Waals surface area contributed by atoms with E-state index in [2.05, 4.69) is 5.10 Å². The Hall–Kier alpha value is -0.240. The Morgan fingerprint density at radius 1 is 1.09 bits per heavy atom. The highest BCUT2D eigenvalue weighted by atomic mass is 35.5. The monoisotopic (exact) mass is 397 g/mol. The average molecular weight is 398 g/mol. The van der Waals surface area contributed by atoms with E-state index < -0.39 is 41.2 Å². The molecule has 10 nitrogen and oxygen atoms in total. The van der Waals surface area contributed by atoms with Crippen LogP contribution in [-0.2, 0) is 10.2 Å². The van der Waals surface area contributed by atoms with Gasteiger partial charge in [0.25, 0.3) is 0 Å². The van der Waals surface area contributed by atoms with E-state index in [0.29, 0.717) is 6.21 Å². The molecule has 4 atom stereocenters. The van der Waals surface area contributed by atoms with Crippen molar-refractivity contribution in [2.24, 2.45) is 5.10 Å². The van der Waals surface area contributed by atoms with E-state index in [0.717, 1.165) is 4.31 Å². The second-order valence-electron chi connectivity index (χ2n) is 4.37. The van der Waals surface area contributed by atoms with Gasteiger partial charge in [0.1, 0.15) is 24.4 Å². The summed E-state index contributed by atoms with van der Waals surface area (Å²) in [5.41, 5.74) is 0. The molecule has 13 heteroatoms. The van der Waals surface area contributed by atoms with E-state index in [1.165, 1.54) is 0 Å². The molecular weight excluding hydrogens is 377 g/mol. The van der Waals surface area contributed by atoms with Crippen molar-refractivity contribution in [2.75, 3.05) is 31.5 Å². The van der Waals surface area contributed by atoms with Crippen LogP contribution in [-0.4, -0.2) is 100 Å². The zero-order chi connectivity index (χ0) is 18.0. The number of hydrogen-bond acceptors (Lipinski definition) is 8. The molecule has 0 bridgehead atoms. The fourth-order valence-electron chi connectivity index (χ4n) is 1.40. The Kier molecular flexibility index (Phi) is 11.2. The van der Waals surface area contributed by atoms with Crippen molar-refractivity contribution in [3.05, 3.63) is 0 Å². The fraction of sp³-hybridized carbons (Fsp3) is 0.900. The highest BCUT2D eigenvalue weighted by Crippen LogP contribution is 2.04. The van der Waals surface area contributed by atoms with Crippen molar-refractivity contribution in [2.45, 2.75) is 24.4 Å². The molecule has 6 N–H and O–H groups in total. The van der Waals surface area contributed by atoms with Crippen LogP contribution in [0, 0.1) is 0 Å². The topological polar surface area (TPSA) is 163 Å². The molecule has 0 saturated carbocycles. The molecule has 0 spiro atoms. The third-order valence-corrected chi connectivity index (χ3v) is 4.40. The molecule has 0 heterocycles. The standard InChI is InChI=1S/C10H21Cl2N3O7S/c11-1-3-15(4-2-12)23(21,22)14-13-5-7(17)9(19)10(20)8(18)6-16/h5,7-10,14,16-20H,1-4,6H2/b13-5+/t7-,8+,9+,10+/m0/s1. The Labute approximate surface area is 144 Å². The number of rotatable bonds is 12. The zero-order valence-corrected chi connectivity index (χ0v) is 14.4. The molecule has 0 aliphatic carbocycles. The van der Waals surface area contributed by atoms with Crippen LogP contribution in [0.5, 0.6) is 0 Å². The molecule has 0 aliphatic heterocycles. The molecule has 0 amide bonds. The van der Waals surface area contributed by atoms with E-state index in [4.69, 9.17) is 33.4 Å². The van der Waals surface area contributed by atoms with Gasteiger partial charge in [-0.1, -0.05) is 0 Å². The number of halogens is 2. The van der Waals surface area contributed by atoms with Crippen LogP contribution in [0.4, 0.5) is 0 Å². The van der Waals surface area contributed by atoms with Crippen molar-refractivity contribution >= 4 is 39.6 Å². The minimum absolute atomic E-state index is 0.00822. The average Bonchev–Trinajstić information content (AvgIpc) is 2.52. The van der Waals surface area contributed by atoms with E-state index in [9.17, 15) is 23.7 Å². The second-order valence-corrected chi connectivity index (χ2v) is 6.78. The van der Waals surface area contributed by atoms with Gasteiger partial charge < -0.3 is 25.5 Å². The molecule has 0 aromatic rings. The largest absolute Gasteiger partial charge is 0.394 e. The highest BCUT2D eigenvalue weighted by molar-refractivity contribution is 7.87. The number of aliphatic hydroxyl groups is 5. The Balaban J connectivity index is 4.71. The van der Waals surface area contributed by atoms with Crippen molar-refractivity contribution in [3.8, 4) is 0 Å². The summed E-state index contributed by atoms with van der Waals surface area (Å²) in [6.07, 6.45) is -6.57. The minimum atomic E-state index is -4.04. The number of nitrogens with one attached hydrogen (secondary N) is 1. The lowest BCUT2D eigenvalue weighted by Crippen LogP contribution is -2.46. The van der Waals surface area contributed by atoms with Gasteiger partial charge in [-0.15, -0.1) is 23.2 Å². The summed E-state index contributed by atoms with van der Waals surface area (Å²) in [5, 5.41) is 49.4. The minimum Gasteiger partial charge on any atom is -0.394 e. The SMILES string of the molecule is O=S(=O)(N/N=C/[C@H](O)[C@@H](O)[C@H](O)[C@H](O)CO)N(CCCl)CCCl. The lowest BCUT2D eigenvalue weighted by Gasteiger charge is -2.23. The first-order chi connectivity index (χ1) is 10.7. The van der Waals surface area contributed by atoms with Gasteiger partial charge in [-0.25, -0.2) is 0 Å². The van der Waals surface area contributed by atoms with Gasteiger partial charge in [-0.05, 0) is 0 Å². The fourth-order valence-corrected chi connectivity index (χ4v) is 2.98. The van der Waals surface area contributed by atoms with Crippen molar-refractivity contribution in [3.63, 3.8) is 0 Å². The van der Waals surface area contributed by atoms with E-state index in [-0.39, 0.29) is 24.8 Å². The molecule has 0 aromatic heterocycles. The Bertz CT molecular complexity index is 448. The maximum atomic E-state index is 11.9. The first-order valence-corrected chi connectivity index (χ1v) is 8.97. The molecule has 0 fully saturated rings. The molecule has 0 rings (SSSR count). The number of nitrogens with zero attached hydrogens (tertiary/aromatic N) is 2. The van der Waals surface area contributed by atoms with Crippen LogP contribution in [0.15, 0.2) is 5.10 Å². The maximum absolute atomic E-state index is 11.9. The smallest absolute Gasteiger partial charge is 0.316 e. The van der Waals surface area contributed by atoms with Crippen LogP contribution in [0.25, 0.3) is 0 Å². The number of hydrogen-bond donors (Lipinski definition) is 6. The summed E-state index contributed by atoms with van der Waals surface area (Å²) in [7, 11) is -4.04. The molecule has 0 radical (unpaired) electrons. The second kappa shape index (κ2) is 11.3. The molecule has 0 unspecified atom stereocenters. The third-order valence-electron chi connectivity index (χ3n) is 2.68. The predicted octanol–water partition coefficient (Wildman–Crippen LogP) is -2.98. The predicted molar refractivity (Wildman–Crippen MR) is 84.7 cm³/mol. The van der Waals surface area contributed by atoms with E-state index in [1.807, 2.05) is 0 Å². The van der Waals surface area contributed by atoms with Crippen LogP contribution in [0.1, 0.15) is 0 Å². The first-order valence-electron chi connectivity index (χ1n) is 6.46. The normalized spacial score (nSPS) is 18.1. The van der Waals surface area contributed by atoms with Crippen LogP contribution < -0.4 is 4.83 Å². The summed E-state index contributed by atoms with van der Waals surface area (Å²) in [6, 6.07) is 0. The third kappa shape index (κ3) is 7.92. The van der Waals surface area contributed by atoms with Crippen LogP contribution in [0.2, 0.25) is 0 Å². The molecular formula is C10H21Cl2N3O7S. The Morgan fingerprint density at radius 3 is 2.04 bits per heavy atom. The van der Waals surface area contributed by atoms with E-state index in [1.54, 1.807) is 4.83 Å². The van der Waals surface area contributed by atoms with Crippen molar-refractivity contribution < 1.29 is 34.0 Å². The maximum Gasteiger partial charge on any atom is 0.316 e. The molecule has 23 heavy (non-hydrogen) atoms. The molecule has 0 aromatic carbocycles. The van der Waals surface area contributed by atoms with Gasteiger partial charge in [0, 0.05) is 24.8 Å². The number of alkyl halides is 2. The van der Waals surface area contributed by atoms with Crippen molar-refractivity contribution in [1.82, 2.24) is 9.14 Å². The van der Waals surface area contributed by atoms with Gasteiger partial charge >= 0.3 is 10.2 Å². The van der Waals surface area contributed by atoms with Crippen LogP contribution in [0.3, 0.4) is 0 Å². The molecule has 0 aliphatic rings.